The molecule has 110 valence electrons. The SMILES string of the molecule is COc1ccccc1CCC(=O)Nc1ccc(C)c(C)c1. The number of benzene rings is 2. The molecule has 0 radical (unpaired) electrons. The summed E-state index contributed by atoms with van der Waals surface area (Å²) in [7, 11) is 1.65. The minimum absolute atomic E-state index is 0.0177. The molecule has 0 aliphatic heterocycles. The first-order chi connectivity index (χ1) is 10.1. The number of ether oxygens (including phenoxy) is 1. The van der Waals surface area contributed by atoms with Gasteiger partial charge in [-0.05, 0) is 55.2 Å². The third-order valence-corrected chi connectivity index (χ3v) is 3.60. The number of carbonyl (C=O) groups is 1. The van der Waals surface area contributed by atoms with Gasteiger partial charge in [-0.2, -0.15) is 0 Å². The summed E-state index contributed by atoms with van der Waals surface area (Å²) < 4.78 is 5.29. The van der Waals surface area contributed by atoms with Crippen LogP contribution in [0.5, 0.6) is 5.75 Å². The van der Waals surface area contributed by atoms with Gasteiger partial charge >= 0.3 is 0 Å². The molecule has 1 N–H and O–H groups in total. The Morgan fingerprint density at radius 2 is 1.86 bits per heavy atom. The maximum atomic E-state index is 12.0. The molecule has 2 aromatic rings. The van der Waals surface area contributed by atoms with Crippen molar-refractivity contribution in [3.05, 3.63) is 59.2 Å². The fourth-order valence-corrected chi connectivity index (χ4v) is 2.20. The predicted octanol–water partition coefficient (Wildman–Crippen LogP) is 3.88. The van der Waals surface area contributed by atoms with Crippen molar-refractivity contribution in [2.45, 2.75) is 26.7 Å². The number of methoxy groups -OCH3 is 1. The smallest absolute Gasteiger partial charge is 0.224 e. The summed E-state index contributed by atoms with van der Waals surface area (Å²) in [4.78, 5) is 12.0. The van der Waals surface area contributed by atoms with Crippen molar-refractivity contribution < 1.29 is 9.53 Å². The molecule has 0 heterocycles. The van der Waals surface area contributed by atoms with Crippen molar-refractivity contribution in [3.8, 4) is 5.75 Å². The van der Waals surface area contributed by atoms with Gasteiger partial charge < -0.3 is 10.1 Å². The summed E-state index contributed by atoms with van der Waals surface area (Å²) >= 11 is 0. The first-order valence-corrected chi connectivity index (χ1v) is 7.09. The highest BCUT2D eigenvalue weighted by atomic mass is 16.5. The molecular formula is C18H21NO2. The molecule has 0 bridgehead atoms. The van der Waals surface area contributed by atoms with E-state index in [0.29, 0.717) is 12.8 Å². The van der Waals surface area contributed by atoms with Crippen LogP contribution in [0, 0.1) is 13.8 Å². The second-order valence-corrected chi connectivity index (χ2v) is 5.16. The Morgan fingerprint density at radius 1 is 1.10 bits per heavy atom. The minimum Gasteiger partial charge on any atom is -0.496 e. The van der Waals surface area contributed by atoms with Crippen LogP contribution in [0.25, 0.3) is 0 Å². The van der Waals surface area contributed by atoms with E-state index >= 15 is 0 Å². The molecule has 0 aromatic heterocycles. The average molecular weight is 283 g/mol. The lowest BCUT2D eigenvalue weighted by atomic mass is 10.1. The zero-order chi connectivity index (χ0) is 15.2. The summed E-state index contributed by atoms with van der Waals surface area (Å²) in [6.45, 7) is 4.10. The average Bonchev–Trinajstić information content (AvgIpc) is 2.49. The van der Waals surface area contributed by atoms with Gasteiger partial charge in [-0.15, -0.1) is 0 Å². The Morgan fingerprint density at radius 3 is 2.57 bits per heavy atom. The number of para-hydroxylation sites is 1. The van der Waals surface area contributed by atoms with Crippen LogP contribution in [0.4, 0.5) is 5.69 Å². The summed E-state index contributed by atoms with van der Waals surface area (Å²) in [5.41, 5.74) is 4.30. The molecule has 3 heteroatoms. The quantitative estimate of drug-likeness (QED) is 0.904. The number of nitrogens with one attached hydrogen (secondary N) is 1. The van der Waals surface area contributed by atoms with E-state index in [1.807, 2.05) is 49.4 Å². The molecule has 0 saturated heterocycles. The summed E-state index contributed by atoms with van der Waals surface area (Å²) in [6, 6.07) is 13.7. The van der Waals surface area contributed by atoms with Crippen LogP contribution in [0.1, 0.15) is 23.1 Å². The Kier molecular flexibility index (Phi) is 4.99. The van der Waals surface area contributed by atoms with Gasteiger partial charge in [-0.3, -0.25) is 4.79 Å². The first-order valence-electron chi connectivity index (χ1n) is 7.09. The van der Waals surface area contributed by atoms with E-state index in [4.69, 9.17) is 4.74 Å². The molecule has 1 amide bonds. The summed E-state index contributed by atoms with van der Waals surface area (Å²) in [6.07, 6.45) is 1.11. The molecule has 0 aliphatic rings. The second-order valence-electron chi connectivity index (χ2n) is 5.16. The summed E-state index contributed by atoms with van der Waals surface area (Å²) in [5.74, 6) is 0.848. The topological polar surface area (TPSA) is 38.3 Å². The van der Waals surface area contributed by atoms with Gasteiger partial charge in [0.25, 0.3) is 0 Å². The number of anilines is 1. The van der Waals surface area contributed by atoms with E-state index in [-0.39, 0.29) is 5.91 Å². The highest BCUT2D eigenvalue weighted by Crippen LogP contribution is 2.19. The molecule has 0 unspecified atom stereocenters. The minimum atomic E-state index is 0.0177. The first kappa shape index (κ1) is 15.1. The number of aryl methyl sites for hydroxylation is 3. The maximum Gasteiger partial charge on any atom is 0.224 e. The van der Waals surface area contributed by atoms with Gasteiger partial charge in [0.2, 0.25) is 5.91 Å². The Labute approximate surface area is 126 Å². The van der Waals surface area contributed by atoms with Crippen molar-refractivity contribution in [1.29, 1.82) is 0 Å². The van der Waals surface area contributed by atoms with E-state index in [1.165, 1.54) is 11.1 Å². The summed E-state index contributed by atoms with van der Waals surface area (Å²) in [5, 5.41) is 2.94. The van der Waals surface area contributed by atoms with Crippen molar-refractivity contribution in [2.75, 3.05) is 12.4 Å². The van der Waals surface area contributed by atoms with Crippen LogP contribution < -0.4 is 10.1 Å². The number of carbonyl (C=O) groups excluding carboxylic acids is 1. The largest absolute Gasteiger partial charge is 0.496 e. The van der Waals surface area contributed by atoms with Crippen LogP contribution in [0.3, 0.4) is 0 Å². The Balaban J connectivity index is 1.94. The van der Waals surface area contributed by atoms with Crippen LogP contribution >= 0.6 is 0 Å². The molecule has 0 saturated carbocycles. The van der Waals surface area contributed by atoms with Gasteiger partial charge in [0.05, 0.1) is 7.11 Å². The maximum absolute atomic E-state index is 12.0. The molecule has 0 fully saturated rings. The molecule has 0 atom stereocenters. The fraction of sp³-hybridized carbons (Fsp3) is 0.278. The molecular weight excluding hydrogens is 262 g/mol. The van der Waals surface area contributed by atoms with Crippen molar-refractivity contribution in [2.24, 2.45) is 0 Å². The van der Waals surface area contributed by atoms with Gasteiger partial charge in [0.1, 0.15) is 5.75 Å². The van der Waals surface area contributed by atoms with E-state index in [9.17, 15) is 4.79 Å². The van der Waals surface area contributed by atoms with Crippen LogP contribution in [0.2, 0.25) is 0 Å². The van der Waals surface area contributed by atoms with Gasteiger partial charge in [0, 0.05) is 12.1 Å². The molecule has 0 aliphatic carbocycles. The van der Waals surface area contributed by atoms with Crippen LogP contribution in [0.15, 0.2) is 42.5 Å². The van der Waals surface area contributed by atoms with E-state index in [2.05, 4.69) is 12.2 Å². The lowest BCUT2D eigenvalue weighted by molar-refractivity contribution is -0.116. The zero-order valence-corrected chi connectivity index (χ0v) is 12.8. The molecule has 2 rings (SSSR count). The monoisotopic (exact) mass is 283 g/mol. The Hall–Kier alpha value is -2.29. The zero-order valence-electron chi connectivity index (χ0n) is 12.8. The third kappa shape index (κ3) is 4.09. The van der Waals surface area contributed by atoms with Crippen LogP contribution in [-0.4, -0.2) is 13.0 Å². The van der Waals surface area contributed by atoms with E-state index in [0.717, 1.165) is 17.0 Å². The number of rotatable bonds is 5. The Bertz CT molecular complexity index is 635. The van der Waals surface area contributed by atoms with E-state index < -0.39 is 0 Å². The molecule has 21 heavy (non-hydrogen) atoms. The van der Waals surface area contributed by atoms with Crippen molar-refractivity contribution >= 4 is 11.6 Å². The lowest BCUT2D eigenvalue weighted by Crippen LogP contribution is -2.12. The van der Waals surface area contributed by atoms with Gasteiger partial charge in [-0.1, -0.05) is 24.3 Å². The molecule has 3 nitrogen and oxygen atoms in total. The second kappa shape index (κ2) is 6.93. The van der Waals surface area contributed by atoms with Gasteiger partial charge in [-0.25, -0.2) is 0 Å². The lowest BCUT2D eigenvalue weighted by Gasteiger charge is -2.09. The number of hydrogen-bond acceptors (Lipinski definition) is 2. The molecule has 2 aromatic carbocycles. The fourth-order valence-electron chi connectivity index (χ4n) is 2.20. The van der Waals surface area contributed by atoms with Crippen LogP contribution in [-0.2, 0) is 11.2 Å². The van der Waals surface area contributed by atoms with Crippen molar-refractivity contribution in [3.63, 3.8) is 0 Å². The highest BCUT2D eigenvalue weighted by molar-refractivity contribution is 5.91. The highest BCUT2D eigenvalue weighted by Gasteiger charge is 2.07. The standard InChI is InChI=1S/C18H21NO2/c1-13-8-10-16(12-14(13)2)19-18(20)11-9-15-6-4-5-7-17(15)21-3/h4-8,10,12H,9,11H2,1-3H3,(H,19,20). The van der Waals surface area contributed by atoms with Crippen molar-refractivity contribution in [1.82, 2.24) is 0 Å². The number of hydrogen-bond donors (Lipinski definition) is 1. The third-order valence-electron chi connectivity index (χ3n) is 3.60. The van der Waals surface area contributed by atoms with E-state index in [1.54, 1.807) is 7.11 Å². The molecule has 0 spiro atoms. The van der Waals surface area contributed by atoms with Gasteiger partial charge in [0.15, 0.2) is 0 Å². The number of amides is 1. The normalized spacial score (nSPS) is 10.2. The predicted molar refractivity (Wildman–Crippen MR) is 85.9 cm³/mol.